The van der Waals surface area contributed by atoms with Gasteiger partial charge in [0.1, 0.15) is 0 Å². The number of rotatable bonds is 5. The van der Waals surface area contributed by atoms with Gasteiger partial charge in [-0.2, -0.15) is 0 Å². The molecule has 2 aromatic carbocycles. The highest BCUT2D eigenvalue weighted by Crippen LogP contribution is 2.16. The molecule has 0 saturated carbocycles. The zero-order valence-corrected chi connectivity index (χ0v) is 16.0. The summed E-state index contributed by atoms with van der Waals surface area (Å²) in [5, 5.41) is 10.2. The van der Waals surface area contributed by atoms with Crippen molar-refractivity contribution < 1.29 is 17.6 Å². The fourth-order valence-corrected chi connectivity index (χ4v) is 3.23. The van der Waals surface area contributed by atoms with E-state index in [2.05, 4.69) is 31.4 Å². The van der Waals surface area contributed by atoms with Crippen molar-refractivity contribution in [3.63, 3.8) is 0 Å². The summed E-state index contributed by atoms with van der Waals surface area (Å²) in [7, 11) is -3.23. The summed E-state index contributed by atoms with van der Waals surface area (Å²) < 4.78 is 29.1. The monoisotopic (exact) mass is 435 g/mol. The number of nitrogens with one attached hydrogen (secondary N) is 1. The molecular weight excluding hydrogens is 422 g/mol. The van der Waals surface area contributed by atoms with Crippen LogP contribution >= 0.6 is 15.9 Å². The number of benzene rings is 2. The van der Waals surface area contributed by atoms with E-state index in [1.54, 1.807) is 30.3 Å². The number of aromatic nitrogens is 2. The molecule has 0 spiro atoms. The number of hydrogen-bond acceptors (Lipinski definition) is 6. The van der Waals surface area contributed by atoms with Crippen LogP contribution in [0.2, 0.25) is 0 Å². The lowest BCUT2D eigenvalue weighted by Gasteiger charge is -2.01. The Morgan fingerprint density at radius 2 is 1.88 bits per heavy atom. The maximum Gasteiger partial charge on any atom is 0.322 e. The summed E-state index contributed by atoms with van der Waals surface area (Å²) >= 11 is 3.31. The smallest absolute Gasteiger partial charge is 0.322 e. The number of amides is 1. The third kappa shape index (κ3) is 4.55. The summed E-state index contributed by atoms with van der Waals surface area (Å²) in [6, 6.07) is 13.3. The fraction of sp³-hybridized carbons (Fsp3) is 0.118. The summed E-state index contributed by atoms with van der Waals surface area (Å²) in [5.41, 5.74) is 1.27. The molecule has 1 aromatic heterocycles. The van der Waals surface area contributed by atoms with Gasteiger partial charge in [-0.3, -0.25) is 10.1 Å². The van der Waals surface area contributed by atoms with Crippen LogP contribution in [0.25, 0.3) is 0 Å². The topological polar surface area (TPSA) is 102 Å². The quantitative estimate of drug-likeness (QED) is 0.660. The zero-order valence-electron chi connectivity index (χ0n) is 13.6. The summed E-state index contributed by atoms with van der Waals surface area (Å²) in [5.74, 6) is -0.0550. The fourth-order valence-electron chi connectivity index (χ4n) is 2.20. The minimum Gasteiger partial charge on any atom is -0.407 e. The Morgan fingerprint density at radius 3 is 2.54 bits per heavy atom. The van der Waals surface area contributed by atoms with Crippen molar-refractivity contribution in [3.8, 4) is 0 Å². The second-order valence-electron chi connectivity index (χ2n) is 5.56. The van der Waals surface area contributed by atoms with Crippen molar-refractivity contribution in [3.05, 3.63) is 70.0 Å². The maximum absolute atomic E-state index is 12.1. The first-order chi connectivity index (χ1) is 12.3. The molecule has 134 valence electrons. The molecule has 0 aliphatic heterocycles. The van der Waals surface area contributed by atoms with Gasteiger partial charge >= 0.3 is 6.01 Å². The van der Waals surface area contributed by atoms with Crippen molar-refractivity contribution >= 4 is 37.7 Å². The number of halogens is 1. The Labute approximate surface area is 158 Å². The molecule has 1 amide bonds. The summed E-state index contributed by atoms with van der Waals surface area (Å²) in [4.78, 5) is 12.4. The van der Waals surface area contributed by atoms with E-state index in [0.717, 1.165) is 16.3 Å². The number of carbonyl (C=O) groups is 1. The maximum atomic E-state index is 12.1. The zero-order chi connectivity index (χ0) is 18.7. The first-order valence-electron chi connectivity index (χ1n) is 7.49. The van der Waals surface area contributed by atoms with Gasteiger partial charge in [0, 0.05) is 16.3 Å². The minimum absolute atomic E-state index is 0.00210. The van der Waals surface area contributed by atoms with Crippen LogP contribution < -0.4 is 5.32 Å². The third-order valence-corrected chi connectivity index (χ3v) is 5.10. The van der Waals surface area contributed by atoms with Crippen molar-refractivity contribution in [1.29, 1.82) is 0 Å². The average Bonchev–Trinajstić information content (AvgIpc) is 3.01. The second kappa shape index (κ2) is 7.38. The van der Waals surface area contributed by atoms with Gasteiger partial charge in [0.05, 0.1) is 11.3 Å². The van der Waals surface area contributed by atoms with Crippen molar-refractivity contribution in [2.45, 2.75) is 11.3 Å². The molecule has 0 atom stereocenters. The number of anilines is 1. The molecule has 9 heteroatoms. The standard InChI is InChI=1S/C17H14BrN3O4S/c1-26(23,24)14-7-5-11(6-8-14)9-15-20-21-17(25-15)19-16(22)12-3-2-4-13(18)10-12/h2-8,10H,9H2,1H3,(H,19,21,22). The number of nitrogens with zero attached hydrogens (tertiary/aromatic N) is 2. The predicted octanol–water partition coefficient (Wildman–Crippen LogP) is 3.08. The molecule has 0 fully saturated rings. The Morgan fingerprint density at radius 1 is 1.15 bits per heavy atom. The molecular formula is C17H14BrN3O4S. The lowest BCUT2D eigenvalue weighted by Crippen LogP contribution is -2.11. The minimum atomic E-state index is -3.23. The predicted molar refractivity (Wildman–Crippen MR) is 98.8 cm³/mol. The van der Waals surface area contributed by atoms with Crippen LogP contribution in [-0.2, 0) is 16.3 Å². The number of hydrogen-bond donors (Lipinski definition) is 1. The molecule has 3 rings (SSSR count). The van der Waals surface area contributed by atoms with Gasteiger partial charge in [-0.1, -0.05) is 39.2 Å². The van der Waals surface area contributed by atoms with E-state index in [-0.39, 0.29) is 16.8 Å². The van der Waals surface area contributed by atoms with Gasteiger partial charge in [0.2, 0.25) is 5.89 Å². The van der Waals surface area contributed by atoms with Gasteiger partial charge in [-0.25, -0.2) is 8.42 Å². The van der Waals surface area contributed by atoms with Gasteiger partial charge in [-0.15, -0.1) is 5.10 Å². The first kappa shape index (κ1) is 18.3. The molecule has 0 bridgehead atoms. The van der Waals surface area contributed by atoms with Crippen LogP contribution in [0.4, 0.5) is 6.01 Å². The highest BCUT2D eigenvalue weighted by atomic mass is 79.9. The van der Waals surface area contributed by atoms with E-state index in [4.69, 9.17) is 4.42 Å². The van der Waals surface area contributed by atoms with Crippen LogP contribution in [0.15, 0.2) is 62.3 Å². The molecule has 0 aliphatic carbocycles. The SMILES string of the molecule is CS(=O)(=O)c1ccc(Cc2nnc(NC(=O)c3cccc(Br)c3)o2)cc1. The van der Waals surface area contributed by atoms with E-state index < -0.39 is 9.84 Å². The number of sulfone groups is 1. The highest BCUT2D eigenvalue weighted by Gasteiger charge is 2.13. The Hall–Kier alpha value is -2.52. The van der Waals surface area contributed by atoms with Crippen LogP contribution in [0.1, 0.15) is 21.8 Å². The van der Waals surface area contributed by atoms with Crippen LogP contribution in [0.5, 0.6) is 0 Å². The van der Waals surface area contributed by atoms with Crippen LogP contribution in [0, 0.1) is 0 Å². The Kier molecular flexibility index (Phi) is 5.19. The summed E-state index contributed by atoms with van der Waals surface area (Å²) in [6.07, 6.45) is 1.48. The van der Waals surface area contributed by atoms with Gasteiger partial charge in [0.25, 0.3) is 5.91 Å². The molecule has 0 saturated heterocycles. The summed E-state index contributed by atoms with van der Waals surface area (Å²) in [6.45, 7) is 0. The van der Waals surface area contributed by atoms with Crippen LogP contribution in [-0.4, -0.2) is 30.8 Å². The molecule has 0 radical (unpaired) electrons. The van der Waals surface area contributed by atoms with Gasteiger partial charge in [0.15, 0.2) is 9.84 Å². The number of carbonyl (C=O) groups excluding carboxylic acids is 1. The largest absolute Gasteiger partial charge is 0.407 e. The average molecular weight is 436 g/mol. The first-order valence-corrected chi connectivity index (χ1v) is 10.2. The molecule has 26 heavy (non-hydrogen) atoms. The molecule has 1 heterocycles. The molecule has 0 unspecified atom stereocenters. The lowest BCUT2D eigenvalue weighted by atomic mass is 10.1. The molecule has 1 N–H and O–H groups in total. The molecule has 3 aromatic rings. The second-order valence-corrected chi connectivity index (χ2v) is 8.49. The van der Waals surface area contributed by atoms with Crippen molar-refractivity contribution in [1.82, 2.24) is 10.2 Å². The van der Waals surface area contributed by atoms with E-state index in [9.17, 15) is 13.2 Å². The van der Waals surface area contributed by atoms with E-state index >= 15 is 0 Å². The molecule has 7 nitrogen and oxygen atoms in total. The van der Waals surface area contributed by atoms with E-state index in [1.165, 1.54) is 12.1 Å². The van der Waals surface area contributed by atoms with Gasteiger partial charge in [-0.05, 0) is 35.9 Å². The Bertz CT molecular complexity index is 1050. The third-order valence-electron chi connectivity index (χ3n) is 3.48. The van der Waals surface area contributed by atoms with E-state index in [1.807, 2.05) is 6.07 Å². The van der Waals surface area contributed by atoms with Gasteiger partial charge < -0.3 is 4.42 Å². The van der Waals surface area contributed by atoms with Crippen molar-refractivity contribution in [2.75, 3.05) is 11.6 Å². The van der Waals surface area contributed by atoms with E-state index in [0.29, 0.717) is 17.9 Å². The molecule has 0 aliphatic rings. The highest BCUT2D eigenvalue weighted by molar-refractivity contribution is 9.10. The van der Waals surface area contributed by atoms with Crippen LogP contribution in [0.3, 0.4) is 0 Å². The Balaban J connectivity index is 1.67. The van der Waals surface area contributed by atoms with Crippen molar-refractivity contribution in [2.24, 2.45) is 0 Å². The normalized spacial score (nSPS) is 11.3. The lowest BCUT2D eigenvalue weighted by molar-refractivity contribution is 0.102.